The van der Waals surface area contributed by atoms with Crippen molar-refractivity contribution in [3.63, 3.8) is 0 Å². The lowest BCUT2D eigenvalue weighted by Crippen LogP contribution is -2.05. The predicted octanol–water partition coefficient (Wildman–Crippen LogP) is 1.32. The molecule has 86 valence electrons. The van der Waals surface area contributed by atoms with E-state index in [1.165, 1.54) is 13.2 Å². The highest BCUT2D eigenvalue weighted by Gasteiger charge is 2.16. The lowest BCUT2D eigenvalue weighted by molar-refractivity contribution is -0.385. The molecule has 0 bridgehead atoms. The lowest BCUT2D eigenvalue weighted by atomic mass is 10.1. The van der Waals surface area contributed by atoms with Gasteiger partial charge in [-0.2, -0.15) is 0 Å². The molecule has 0 aliphatic carbocycles. The molecule has 0 spiro atoms. The van der Waals surface area contributed by atoms with E-state index >= 15 is 0 Å². The molecule has 0 atom stereocenters. The van der Waals surface area contributed by atoms with E-state index in [9.17, 15) is 20.0 Å². The van der Waals surface area contributed by atoms with Crippen molar-refractivity contribution in [2.45, 2.75) is 13.3 Å². The zero-order valence-corrected chi connectivity index (χ0v) is 8.89. The summed E-state index contributed by atoms with van der Waals surface area (Å²) < 4.78 is 4.44. The number of phenolic OH excluding ortho intramolecular Hbond substituents is 1. The summed E-state index contributed by atoms with van der Waals surface area (Å²) >= 11 is 0. The van der Waals surface area contributed by atoms with Crippen LogP contribution in [0.15, 0.2) is 12.1 Å². The molecule has 0 fully saturated rings. The van der Waals surface area contributed by atoms with Gasteiger partial charge >= 0.3 is 5.97 Å². The molecule has 1 N–H and O–H groups in total. The Kier molecular flexibility index (Phi) is 3.44. The first kappa shape index (κ1) is 12.0. The molecule has 16 heavy (non-hydrogen) atoms. The highest BCUT2D eigenvalue weighted by Crippen LogP contribution is 2.27. The van der Waals surface area contributed by atoms with Crippen LogP contribution in [0, 0.1) is 17.0 Å². The molecular formula is C10H11NO5. The normalized spacial score (nSPS) is 9.88. The Hall–Kier alpha value is -2.11. The maximum absolute atomic E-state index is 11.0. The number of methoxy groups -OCH3 is 1. The monoisotopic (exact) mass is 225 g/mol. The molecule has 0 radical (unpaired) electrons. The van der Waals surface area contributed by atoms with E-state index < -0.39 is 10.9 Å². The fourth-order valence-electron chi connectivity index (χ4n) is 1.31. The summed E-state index contributed by atoms with van der Waals surface area (Å²) in [5.74, 6) is -0.786. The minimum absolute atomic E-state index is 0.110. The highest BCUT2D eigenvalue weighted by molar-refractivity contribution is 5.74. The number of nitrogens with zero attached hydrogens (tertiary/aromatic N) is 1. The molecule has 6 nitrogen and oxygen atoms in total. The first-order valence-corrected chi connectivity index (χ1v) is 4.49. The second kappa shape index (κ2) is 4.61. The molecule has 0 saturated carbocycles. The van der Waals surface area contributed by atoms with Gasteiger partial charge < -0.3 is 9.84 Å². The van der Waals surface area contributed by atoms with Crippen LogP contribution in [-0.4, -0.2) is 23.1 Å². The molecule has 0 aromatic heterocycles. The average Bonchev–Trinajstić information content (AvgIpc) is 2.22. The van der Waals surface area contributed by atoms with Gasteiger partial charge in [0, 0.05) is 11.1 Å². The number of benzene rings is 1. The zero-order chi connectivity index (χ0) is 12.3. The average molecular weight is 225 g/mol. The Bertz CT molecular complexity index is 441. The van der Waals surface area contributed by atoms with Crippen LogP contribution in [0.3, 0.4) is 0 Å². The largest absolute Gasteiger partial charge is 0.507 e. The third-order valence-electron chi connectivity index (χ3n) is 2.16. The van der Waals surface area contributed by atoms with Gasteiger partial charge in [-0.05, 0) is 13.0 Å². The smallest absolute Gasteiger partial charge is 0.310 e. The van der Waals surface area contributed by atoms with Gasteiger partial charge in [0.05, 0.1) is 24.5 Å². The number of carbonyl (C=O) groups is 1. The third kappa shape index (κ3) is 2.47. The fourth-order valence-corrected chi connectivity index (χ4v) is 1.31. The Morgan fingerprint density at radius 3 is 2.69 bits per heavy atom. The van der Waals surface area contributed by atoms with E-state index in [0.717, 1.165) is 6.07 Å². The lowest BCUT2D eigenvalue weighted by Gasteiger charge is -2.05. The number of esters is 1. The van der Waals surface area contributed by atoms with Crippen molar-refractivity contribution < 1.29 is 19.6 Å². The van der Waals surface area contributed by atoms with E-state index in [4.69, 9.17) is 0 Å². The summed E-state index contributed by atoms with van der Waals surface area (Å²) in [5, 5.41) is 20.1. The van der Waals surface area contributed by atoms with Crippen molar-refractivity contribution in [3.8, 4) is 5.75 Å². The van der Waals surface area contributed by atoms with Crippen LogP contribution >= 0.6 is 0 Å². The van der Waals surface area contributed by atoms with Crippen molar-refractivity contribution in [2.75, 3.05) is 7.11 Å². The number of rotatable bonds is 3. The van der Waals surface area contributed by atoms with Crippen molar-refractivity contribution in [1.82, 2.24) is 0 Å². The van der Waals surface area contributed by atoms with Gasteiger partial charge in [-0.1, -0.05) is 0 Å². The minimum atomic E-state index is -0.586. The van der Waals surface area contributed by atoms with E-state index in [2.05, 4.69) is 4.74 Å². The number of hydrogen-bond acceptors (Lipinski definition) is 5. The number of carbonyl (C=O) groups excluding carboxylic acids is 1. The van der Waals surface area contributed by atoms with Gasteiger partial charge in [0.25, 0.3) is 5.69 Å². The molecule has 1 aromatic carbocycles. The van der Waals surface area contributed by atoms with Gasteiger partial charge in [-0.15, -0.1) is 0 Å². The Labute approximate surface area is 91.6 Å². The molecule has 0 saturated heterocycles. The van der Waals surface area contributed by atoms with Crippen molar-refractivity contribution in [2.24, 2.45) is 0 Å². The topological polar surface area (TPSA) is 89.7 Å². The molecule has 1 aromatic rings. The number of aromatic hydroxyl groups is 1. The van der Waals surface area contributed by atoms with Crippen molar-refractivity contribution in [3.05, 3.63) is 33.4 Å². The number of aryl methyl sites for hydroxylation is 1. The van der Waals surface area contributed by atoms with Gasteiger partial charge in [-0.3, -0.25) is 14.9 Å². The second-order valence-corrected chi connectivity index (χ2v) is 3.28. The van der Waals surface area contributed by atoms with Crippen LogP contribution in [0.1, 0.15) is 11.1 Å². The number of hydrogen-bond donors (Lipinski definition) is 1. The molecule has 1 rings (SSSR count). The van der Waals surface area contributed by atoms with Crippen LogP contribution in [0.4, 0.5) is 5.69 Å². The first-order chi connectivity index (χ1) is 7.45. The predicted molar refractivity (Wildman–Crippen MR) is 55.2 cm³/mol. The Morgan fingerprint density at radius 2 is 2.19 bits per heavy atom. The van der Waals surface area contributed by atoms with Gasteiger partial charge in [-0.25, -0.2) is 0 Å². The number of nitro benzene ring substituents is 1. The summed E-state index contributed by atoms with van der Waals surface area (Å²) in [7, 11) is 1.23. The Morgan fingerprint density at radius 1 is 1.56 bits per heavy atom. The van der Waals surface area contributed by atoms with Gasteiger partial charge in [0.1, 0.15) is 5.75 Å². The quantitative estimate of drug-likeness (QED) is 0.476. The van der Waals surface area contributed by atoms with E-state index in [1.807, 2.05) is 0 Å². The third-order valence-corrected chi connectivity index (χ3v) is 2.16. The molecule has 0 aliphatic heterocycles. The molecule has 0 amide bonds. The maximum atomic E-state index is 11.0. The summed E-state index contributed by atoms with van der Waals surface area (Å²) in [4.78, 5) is 21.0. The minimum Gasteiger partial charge on any atom is -0.507 e. The second-order valence-electron chi connectivity index (χ2n) is 3.28. The van der Waals surface area contributed by atoms with E-state index in [0.29, 0.717) is 11.1 Å². The van der Waals surface area contributed by atoms with E-state index in [1.54, 1.807) is 6.92 Å². The molecule has 0 heterocycles. The fraction of sp³-hybridized carbons (Fsp3) is 0.300. The highest BCUT2D eigenvalue weighted by atomic mass is 16.6. The molecule has 0 unspecified atom stereocenters. The molecule has 6 heteroatoms. The molecular weight excluding hydrogens is 214 g/mol. The van der Waals surface area contributed by atoms with Crippen LogP contribution in [0.25, 0.3) is 0 Å². The summed E-state index contributed by atoms with van der Waals surface area (Å²) in [6.07, 6.45) is -0.110. The standard InChI is InChI=1S/C10H11NO5/c1-6-3-7(4-10(13)16-2)9(12)5-8(6)11(14)15/h3,5,12H,4H2,1-2H3. The number of ether oxygens (including phenoxy) is 1. The van der Waals surface area contributed by atoms with Crippen molar-refractivity contribution in [1.29, 1.82) is 0 Å². The van der Waals surface area contributed by atoms with Crippen LogP contribution in [0.5, 0.6) is 5.75 Å². The summed E-state index contributed by atoms with van der Waals surface area (Å²) in [6.45, 7) is 1.54. The van der Waals surface area contributed by atoms with Crippen molar-refractivity contribution >= 4 is 11.7 Å². The maximum Gasteiger partial charge on any atom is 0.310 e. The molecule has 0 aliphatic rings. The summed E-state index contributed by atoms with van der Waals surface area (Å²) in [5.41, 5.74) is 0.530. The zero-order valence-electron chi connectivity index (χ0n) is 8.89. The first-order valence-electron chi connectivity index (χ1n) is 4.49. The number of nitro groups is 1. The van der Waals surface area contributed by atoms with E-state index in [-0.39, 0.29) is 17.9 Å². The van der Waals surface area contributed by atoms with Gasteiger partial charge in [0.15, 0.2) is 0 Å². The van der Waals surface area contributed by atoms with Gasteiger partial charge in [0.2, 0.25) is 0 Å². The van der Waals surface area contributed by atoms with Crippen LogP contribution in [0.2, 0.25) is 0 Å². The SMILES string of the molecule is COC(=O)Cc1cc(C)c([N+](=O)[O-])cc1O. The summed E-state index contributed by atoms with van der Waals surface area (Å²) in [6, 6.07) is 2.44. The van der Waals surface area contributed by atoms with Crippen LogP contribution < -0.4 is 0 Å². The van der Waals surface area contributed by atoms with Crippen LogP contribution in [-0.2, 0) is 16.0 Å². The number of phenols is 1. The Balaban J connectivity index is 3.10.